The van der Waals surface area contributed by atoms with Crippen molar-refractivity contribution < 1.29 is 0 Å². The van der Waals surface area contributed by atoms with Crippen LogP contribution < -0.4 is 16.0 Å². The summed E-state index contributed by atoms with van der Waals surface area (Å²) in [5.41, 5.74) is 0.851. The molecule has 0 atom stereocenters. The predicted molar refractivity (Wildman–Crippen MR) is 86.8 cm³/mol. The van der Waals surface area contributed by atoms with Crippen molar-refractivity contribution in [1.29, 1.82) is 0 Å². The zero-order chi connectivity index (χ0) is 13.7. The second-order valence-electron chi connectivity index (χ2n) is 4.20. The molecule has 2 aromatic rings. The van der Waals surface area contributed by atoms with Gasteiger partial charge in [-0.05, 0) is 44.2 Å². The number of nitrogens with zero attached hydrogens (tertiary/aromatic N) is 2. The highest BCUT2D eigenvalue weighted by Crippen LogP contribution is 2.21. The Morgan fingerprint density at radius 1 is 1.15 bits per heavy atom. The maximum absolute atomic E-state index is 5.93. The van der Waals surface area contributed by atoms with Gasteiger partial charge in [0.2, 0.25) is 5.28 Å². The molecule has 0 bridgehead atoms. The van der Waals surface area contributed by atoms with Crippen LogP contribution in [0.5, 0.6) is 0 Å². The Labute approximate surface area is 129 Å². The number of anilines is 1. The average Bonchev–Trinajstić information content (AvgIpc) is 2.43. The Hall–Kier alpha value is -1.14. The van der Waals surface area contributed by atoms with Gasteiger partial charge in [0.05, 0.1) is 11.7 Å². The molecule has 0 aliphatic carbocycles. The van der Waals surface area contributed by atoms with Crippen molar-refractivity contribution in [1.82, 2.24) is 20.6 Å². The first-order chi connectivity index (χ1) is 9.24. The molecule has 1 heterocycles. The van der Waals surface area contributed by atoms with E-state index >= 15 is 0 Å². The molecule has 0 unspecified atom stereocenters. The topological polar surface area (TPSA) is 61.9 Å². The minimum atomic E-state index is 0. The molecule has 1 aromatic heterocycles. The summed E-state index contributed by atoms with van der Waals surface area (Å²) in [6.07, 6.45) is 1.21. The van der Waals surface area contributed by atoms with Crippen molar-refractivity contribution in [2.24, 2.45) is 0 Å². The van der Waals surface area contributed by atoms with E-state index in [2.05, 4.69) is 25.9 Å². The van der Waals surface area contributed by atoms with Crippen LogP contribution in [-0.4, -0.2) is 36.8 Å². The maximum Gasteiger partial charge on any atom is 0.224 e. The molecule has 3 N–H and O–H groups in total. The van der Waals surface area contributed by atoms with Crippen LogP contribution in [0.25, 0.3) is 10.9 Å². The molecule has 0 radical (unpaired) electrons. The Bertz CT molecular complexity index is 545. The molecular formula is C13H19Cl2N5. The smallest absolute Gasteiger partial charge is 0.224 e. The monoisotopic (exact) mass is 315 g/mol. The van der Waals surface area contributed by atoms with Crippen molar-refractivity contribution in [3.05, 3.63) is 29.5 Å². The Morgan fingerprint density at radius 3 is 2.55 bits per heavy atom. The van der Waals surface area contributed by atoms with Crippen LogP contribution in [0.4, 0.5) is 5.82 Å². The van der Waals surface area contributed by atoms with Crippen LogP contribution in [0.3, 0.4) is 0 Å². The molecule has 0 fully saturated rings. The molecule has 0 spiro atoms. The summed E-state index contributed by atoms with van der Waals surface area (Å²) >= 11 is 5.93. The summed E-state index contributed by atoms with van der Waals surface area (Å²) in [5, 5.41) is 10.9. The number of rotatable bonds is 6. The molecule has 0 amide bonds. The van der Waals surface area contributed by atoms with Crippen molar-refractivity contribution in [2.75, 3.05) is 26.0 Å². The molecule has 110 valence electrons. The van der Waals surface area contributed by atoms with Gasteiger partial charge >= 0.3 is 0 Å². The van der Waals surface area contributed by atoms with E-state index < -0.39 is 0 Å². The third-order valence-corrected chi connectivity index (χ3v) is 3.17. The molecule has 5 nitrogen and oxygen atoms in total. The highest BCUT2D eigenvalue weighted by atomic mass is 35.5. The van der Waals surface area contributed by atoms with Gasteiger partial charge in [0, 0.05) is 11.9 Å². The molecule has 7 heteroatoms. The Morgan fingerprint density at radius 2 is 1.85 bits per heavy atom. The van der Waals surface area contributed by atoms with Gasteiger partial charge in [-0.3, -0.25) is 0 Å². The zero-order valence-electron chi connectivity index (χ0n) is 11.5. The van der Waals surface area contributed by atoms with E-state index in [1.54, 1.807) is 0 Å². The summed E-state index contributed by atoms with van der Waals surface area (Å²) in [4.78, 5) is 8.45. The largest absolute Gasteiger partial charge is 0.369 e. The van der Waals surface area contributed by atoms with Crippen molar-refractivity contribution >= 4 is 40.7 Å². The molecular weight excluding hydrogens is 297 g/mol. The van der Waals surface area contributed by atoms with E-state index in [-0.39, 0.29) is 23.9 Å². The van der Waals surface area contributed by atoms with Crippen LogP contribution in [-0.2, 0) is 0 Å². The third kappa shape index (κ3) is 4.18. The number of aromatic nitrogens is 2. The summed E-state index contributed by atoms with van der Waals surface area (Å²) < 4.78 is 0. The summed E-state index contributed by atoms with van der Waals surface area (Å²) in [7, 11) is 3.86. The number of para-hydroxylation sites is 1. The Balaban J connectivity index is 0.00000200. The van der Waals surface area contributed by atoms with Gasteiger partial charge in [0.25, 0.3) is 0 Å². The van der Waals surface area contributed by atoms with E-state index in [9.17, 15) is 0 Å². The summed E-state index contributed by atoms with van der Waals surface area (Å²) in [6, 6.07) is 7.82. The second kappa shape index (κ2) is 8.21. The number of hydrogen-bond donors (Lipinski definition) is 3. The van der Waals surface area contributed by atoms with E-state index in [1.807, 2.05) is 38.4 Å². The lowest BCUT2D eigenvalue weighted by Gasteiger charge is -2.16. The molecule has 0 aliphatic heterocycles. The van der Waals surface area contributed by atoms with Crippen LogP contribution >= 0.6 is 24.0 Å². The minimum Gasteiger partial charge on any atom is -0.369 e. The summed E-state index contributed by atoms with van der Waals surface area (Å²) in [6.45, 7) is 0.795. The third-order valence-electron chi connectivity index (χ3n) is 3.00. The normalized spacial score (nSPS) is 10.6. The predicted octanol–water partition coefficient (Wildman–Crippen LogP) is 2.27. The lowest BCUT2D eigenvalue weighted by atomic mass is 10.2. The van der Waals surface area contributed by atoms with Crippen LogP contribution in [0, 0.1) is 0 Å². The van der Waals surface area contributed by atoms with Crippen LogP contribution in [0.2, 0.25) is 5.28 Å². The first-order valence-corrected chi connectivity index (χ1v) is 6.63. The maximum atomic E-state index is 5.93. The number of fused-ring (bicyclic) bond motifs is 1. The van der Waals surface area contributed by atoms with E-state index in [0.29, 0.717) is 0 Å². The SMILES string of the molecule is CNC(CCNc1nc(Cl)nc2ccccc12)NC.Cl. The van der Waals surface area contributed by atoms with Crippen LogP contribution in [0.1, 0.15) is 6.42 Å². The molecule has 0 aliphatic rings. The number of hydrogen-bond acceptors (Lipinski definition) is 5. The average molecular weight is 316 g/mol. The van der Waals surface area contributed by atoms with Gasteiger partial charge in [0.15, 0.2) is 0 Å². The standard InChI is InChI=1S/C13H18ClN5.ClH/c1-15-11(16-2)7-8-17-12-9-5-3-4-6-10(9)18-13(14)19-12;/h3-6,11,15-16H,7-8H2,1-2H3,(H,17,18,19);1H. The molecule has 1 aromatic carbocycles. The minimum absolute atomic E-state index is 0. The van der Waals surface area contributed by atoms with E-state index in [0.717, 1.165) is 29.7 Å². The fourth-order valence-electron chi connectivity index (χ4n) is 1.95. The number of benzene rings is 1. The van der Waals surface area contributed by atoms with Crippen molar-refractivity contribution in [2.45, 2.75) is 12.6 Å². The summed E-state index contributed by atoms with van der Waals surface area (Å²) in [5.74, 6) is 0.779. The zero-order valence-corrected chi connectivity index (χ0v) is 13.1. The van der Waals surface area contributed by atoms with Gasteiger partial charge in [-0.1, -0.05) is 12.1 Å². The fraction of sp³-hybridized carbons (Fsp3) is 0.385. The molecule has 2 rings (SSSR count). The molecule has 0 saturated heterocycles. The van der Waals surface area contributed by atoms with E-state index in [1.165, 1.54) is 0 Å². The van der Waals surface area contributed by atoms with Crippen LogP contribution in [0.15, 0.2) is 24.3 Å². The first kappa shape index (κ1) is 16.9. The number of halogens is 2. The molecule has 0 saturated carbocycles. The lowest BCUT2D eigenvalue weighted by molar-refractivity contribution is 0.473. The first-order valence-electron chi connectivity index (χ1n) is 6.25. The van der Waals surface area contributed by atoms with Gasteiger partial charge in [-0.15, -0.1) is 12.4 Å². The van der Waals surface area contributed by atoms with Gasteiger partial charge in [-0.2, -0.15) is 0 Å². The second-order valence-corrected chi connectivity index (χ2v) is 4.54. The lowest BCUT2D eigenvalue weighted by Crippen LogP contribution is -2.39. The van der Waals surface area contributed by atoms with Crippen molar-refractivity contribution in [3.63, 3.8) is 0 Å². The van der Waals surface area contributed by atoms with Gasteiger partial charge in [0.1, 0.15) is 5.82 Å². The Kier molecular flexibility index (Phi) is 6.95. The van der Waals surface area contributed by atoms with Gasteiger partial charge in [-0.25, -0.2) is 9.97 Å². The van der Waals surface area contributed by atoms with Gasteiger partial charge < -0.3 is 16.0 Å². The fourth-order valence-corrected chi connectivity index (χ4v) is 2.13. The van der Waals surface area contributed by atoms with E-state index in [4.69, 9.17) is 11.6 Å². The van der Waals surface area contributed by atoms with Crippen molar-refractivity contribution in [3.8, 4) is 0 Å². The molecule has 20 heavy (non-hydrogen) atoms. The highest BCUT2D eigenvalue weighted by molar-refractivity contribution is 6.28. The quantitative estimate of drug-likeness (QED) is 0.564. The highest BCUT2D eigenvalue weighted by Gasteiger charge is 2.07. The number of nitrogens with one attached hydrogen (secondary N) is 3.